The molecule has 0 unspecified atom stereocenters. The number of Topliss-reactive ketones (excluding diaryl/α,β-unsaturated/α-hetero) is 1. The quantitative estimate of drug-likeness (QED) is 0.538. The number of hydrogen-bond donors (Lipinski definition) is 1. The first kappa shape index (κ1) is 22.5. The van der Waals surface area contributed by atoms with Gasteiger partial charge < -0.3 is 0 Å². The average Bonchev–Trinajstić information content (AvgIpc) is 2.53. The molecule has 1 N–H and O–H groups in total. The first-order valence-electron chi connectivity index (χ1n) is 9.80. The lowest BCUT2D eigenvalue weighted by Crippen LogP contribution is -2.32. The molecular weight excluding hydrogens is 326 g/mol. The molecule has 1 rings (SSSR count). The predicted molar refractivity (Wildman–Crippen MR) is 109 cm³/mol. The van der Waals surface area contributed by atoms with Crippen molar-refractivity contribution in [3.8, 4) is 0 Å². The predicted octanol–water partition coefficient (Wildman–Crippen LogP) is 4.41. The number of carbonyl (C=O) groups is 2. The van der Waals surface area contributed by atoms with E-state index in [0.717, 1.165) is 38.5 Å². The van der Waals surface area contributed by atoms with E-state index in [9.17, 15) is 9.59 Å². The summed E-state index contributed by atoms with van der Waals surface area (Å²) < 4.78 is 0. The molecule has 5 heteroatoms. The molecule has 1 fully saturated rings. The van der Waals surface area contributed by atoms with Crippen LogP contribution in [0.25, 0.3) is 0 Å². The van der Waals surface area contributed by atoms with Crippen LogP contribution in [0.3, 0.4) is 0 Å². The number of hydrazone groups is 1. The standard InChI is InChI=1S/C21H37N3O2/c1-20(2,3)11-13-22-15-18(25)16-7-9-17(10-8-16)19(26)24-23-14-12-21(4,5)6/h13-14,16-17H,7-12,15H2,1-6H3,(H,24,26)/b22-13?,23-14-. The smallest absolute Gasteiger partial charge is 0.243 e. The Morgan fingerprint density at radius 2 is 1.38 bits per heavy atom. The minimum absolute atomic E-state index is 0.0238. The molecule has 0 aromatic heterocycles. The molecule has 0 aromatic carbocycles. The highest BCUT2D eigenvalue weighted by Crippen LogP contribution is 2.29. The summed E-state index contributed by atoms with van der Waals surface area (Å²) in [4.78, 5) is 28.7. The molecule has 0 spiro atoms. The van der Waals surface area contributed by atoms with Crippen LogP contribution in [-0.2, 0) is 9.59 Å². The van der Waals surface area contributed by atoms with Crippen molar-refractivity contribution in [2.24, 2.45) is 32.8 Å². The third-order valence-electron chi connectivity index (χ3n) is 4.60. The molecule has 0 radical (unpaired) electrons. The highest BCUT2D eigenvalue weighted by Gasteiger charge is 2.29. The van der Waals surface area contributed by atoms with Gasteiger partial charge in [-0.3, -0.25) is 14.6 Å². The van der Waals surface area contributed by atoms with Gasteiger partial charge in [0.1, 0.15) is 0 Å². The topological polar surface area (TPSA) is 70.9 Å². The molecule has 0 bridgehead atoms. The van der Waals surface area contributed by atoms with Gasteiger partial charge in [-0.25, -0.2) is 5.43 Å². The lowest BCUT2D eigenvalue weighted by atomic mass is 9.79. The van der Waals surface area contributed by atoms with Crippen molar-refractivity contribution in [1.82, 2.24) is 5.43 Å². The molecule has 0 aliphatic heterocycles. The third-order valence-corrected chi connectivity index (χ3v) is 4.60. The zero-order valence-electron chi connectivity index (χ0n) is 17.5. The Morgan fingerprint density at radius 1 is 0.885 bits per heavy atom. The Hall–Kier alpha value is -1.52. The summed E-state index contributed by atoms with van der Waals surface area (Å²) in [6.45, 7) is 13.1. The van der Waals surface area contributed by atoms with Crippen molar-refractivity contribution < 1.29 is 9.59 Å². The minimum Gasteiger partial charge on any atom is -0.297 e. The number of nitrogens with one attached hydrogen (secondary N) is 1. The van der Waals surface area contributed by atoms with Crippen LogP contribution in [-0.4, -0.2) is 30.7 Å². The molecule has 1 amide bonds. The first-order chi connectivity index (χ1) is 12.0. The Morgan fingerprint density at radius 3 is 1.92 bits per heavy atom. The van der Waals surface area contributed by atoms with Gasteiger partial charge in [0.05, 0.1) is 6.54 Å². The summed E-state index contributed by atoms with van der Waals surface area (Å²) in [5.41, 5.74) is 3.02. The lowest BCUT2D eigenvalue weighted by molar-refractivity contribution is -0.128. The van der Waals surface area contributed by atoms with E-state index in [2.05, 4.69) is 57.1 Å². The highest BCUT2D eigenvalue weighted by atomic mass is 16.2. The molecule has 5 nitrogen and oxygen atoms in total. The molecule has 0 heterocycles. The highest BCUT2D eigenvalue weighted by molar-refractivity contribution is 5.85. The zero-order valence-corrected chi connectivity index (χ0v) is 17.5. The number of nitrogens with zero attached hydrogens (tertiary/aromatic N) is 2. The van der Waals surface area contributed by atoms with Crippen molar-refractivity contribution in [3.63, 3.8) is 0 Å². The Balaban J connectivity index is 2.31. The minimum atomic E-state index is -0.0322. The van der Waals surface area contributed by atoms with Gasteiger partial charge in [-0.1, -0.05) is 41.5 Å². The Bertz CT molecular complexity index is 468. The van der Waals surface area contributed by atoms with Gasteiger partial charge >= 0.3 is 0 Å². The second-order valence-electron chi connectivity index (χ2n) is 9.86. The fourth-order valence-electron chi connectivity index (χ4n) is 2.82. The number of hydrogen-bond acceptors (Lipinski definition) is 4. The molecule has 148 valence electrons. The molecule has 1 saturated carbocycles. The lowest BCUT2D eigenvalue weighted by Gasteiger charge is -2.26. The van der Waals surface area contributed by atoms with Crippen LogP contribution in [0.15, 0.2) is 10.1 Å². The normalized spacial score (nSPS) is 22.1. The van der Waals surface area contributed by atoms with Gasteiger partial charge in [0, 0.05) is 18.1 Å². The van der Waals surface area contributed by atoms with E-state index in [0.29, 0.717) is 0 Å². The fraction of sp³-hybridized carbons (Fsp3) is 0.810. The second kappa shape index (κ2) is 9.98. The third kappa shape index (κ3) is 9.83. The van der Waals surface area contributed by atoms with Gasteiger partial charge in [0.2, 0.25) is 5.91 Å². The van der Waals surface area contributed by atoms with Crippen LogP contribution in [0, 0.1) is 22.7 Å². The van der Waals surface area contributed by atoms with Crippen LogP contribution in [0.2, 0.25) is 0 Å². The molecule has 1 aliphatic rings. The number of rotatable bonds is 7. The van der Waals surface area contributed by atoms with E-state index in [1.54, 1.807) is 6.21 Å². The van der Waals surface area contributed by atoms with Crippen LogP contribution in [0.4, 0.5) is 0 Å². The van der Waals surface area contributed by atoms with Gasteiger partial charge in [-0.2, -0.15) is 5.10 Å². The molecular formula is C21H37N3O2. The van der Waals surface area contributed by atoms with E-state index in [-0.39, 0.29) is 40.9 Å². The molecule has 0 atom stereocenters. The molecule has 26 heavy (non-hydrogen) atoms. The summed E-state index contributed by atoms with van der Waals surface area (Å²) in [7, 11) is 0. The van der Waals surface area contributed by atoms with Gasteiger partial charge in [0.15, 0.2) is 5.78 Å². The fourth-order valence-corrected chi connectivity index (χ4v) is 2.82. The molecule has 1 aliphatic carbocycles. The van der Waals surface area contributed by atoms with Crippen LogP contribution in [0.5, 0.6) is 0 Å². The Labute approximate surface area is 159 Å². The van der Waals surface area contributed by atoms with Gasteiger partial charge in [-0.15, -0.1) is 0 Å². The number of carbonyl (C=O) groups excluding carboxylic acids is 2. The van der Waals surface area contributed by atoms with Gasteiger partial charge in [0.25, 0.3) is 0 Å². The number of ketones is 1. The summed E-state index contributed by atoms with van der Waals surface area (Å²) in [6.07, 6.45) is 8.39. The number of amides is 1. The van der Waals surface area contributed by atoms with E-state index in [1.165, 1.54) is 0 Å². The molecule has 0 saturated heterocycles. The summed E-state index contributed by atoms with van der Waals surface area (Å²) in [5.74, 6) is 0.201. The Kier molecular flexibility index (Phi) is 8.65. The monoisotopic (exact) mass is 363 g/mol. The zero-order chi connectivity index (χ0) is 19.8. The van der Waals surface area contributed by atoms with Crippen LogP contribution >= 0.6 is 0 Å². The second-order valence-corrected chi connectivity index (χ2v) is 9.86. The van der Waals surface area contributed by atoms with Crippen molar-refractivity contribution in [1.29, 1.82) is 0 Å². The van der Waals surface area contributed by atoms with Crippen molar-refractivity contribution >= 4 is 24.1 Å². The number of aliphatic imine (C=N–C) groups is 1. The van der Waals surface area contributed by atoms with E-state index in [4.69, 9.17) is 0 Å². The van der Waals surface area contributed by atoms with Crippen molar-refractivity contribution in [2.45, 2.75) is 80.1 Å². The largest absolute Gasteiger partial charge is 0.297 e. The maximum atomic E-state index is 12.3. The maximum absolute atomic E-state index is 12.3. The van der Waals surface area contributed by atoms with Crippen molar-refractivity contribution in [3.05, 3.63) is 0 Å². The van der Waals surface area contributed by atoms with Crippen LogP contribution in [0.1, 0.15) is 80.1 Å². The van der Waals surface area contributed by atoms with E-state index >= 15 is 0 Å². The summed E-state index contributed by atoms with van der Waals surface area (Å²) in [5, 5.41) is 4.05. The summed E-state index contributed by atoms with van der Waals surface area (Å²) in [6, 6.07) is 0. The van der Waals surface area contributed by atoms with E-state index < -0.39 is 0 Å². The molecule has 0 aromatic rings. The van der Waals surface area contributed by atoms with Crippen molar-refractivity contribution in [2.75, 3.05) is 6.54 Å². The summed E-state index contributed by atoms with van der Waals surface area (Å²) >= 11 is 0. The first-order valence-corrected chi connectivity index (χ1v) is 9.80. The van der Waals surface area contributed by atoms with E-state index in [1.807, 2.05) is 6.21 Å². The van der Waals surface area contributed by atoms with Crippen LogP contribution < -0.4 is 5.43 Å². The average molecular weight is 364 g/mol. The van der Waals surface area contributed by atoms with Gasteiger partial charge in [-0.05, 0) is 55.6 Å². The maximum Gasteiger partial charge on any atom is 0.243 e. The SMILES string of the molecule is CC(C)(C)CC=NCC(=O)C1CCC(C(=O)N/N=C\CC(C)(C)C)CC1.